The molecule has 1 atom stereocenters. The van der Waals surface area contributed by atoms with E-state index in [0.717, 1.165) is 22.6 Å². The highest BCUT2D eigenvalue weighted by atomic mass is 16.5. The second-order valence-corrected chi connectivity index (χ2v) is 5.16. The number of hydrogen-bond donors (Lipinski definition) is 2. The molecule has 1 aromatic carbocycles. The van der Waals surface area contributed by atoms with Crippen molar-refractivity contribution in [1.82, 2.24) is 10.2 Å². The van der Waals surface area contributed by atoms with Crippen LogP contribution in [-0.2, 0) is 0 Å². The Morgan fingerprint density at radius 3 is 2.63 bits per heavy atom. The lowest BCUT2D eigenvalue weighted by Crippen LogP contribution is -2.04. The van der Waals surface area contributed by atoms with Crippen molar-refractivity contribution >= 4 is 5.82 Å². The summed E-state index contributed by atoms with van der Waals surface area (Å²) in [6, 6.07) is 7.90. The molecule has 4 nitrogen and oxygen atoms in total. The van der Waals surface area contributed by atoms with Crippen LogP contribution in [0.1, 0.15) is 32.4 Å². The van der Waals surface area contributed by atoms with E-state index in [-0.39, 0.29) is 0 Å². The van der Waals surface area contributed by atoms with Gasteiger partial charge in [-0.2, -0.15) is 5.10 Å². The van der Waals surface area contributed by atoms with Crippen LogP contribution in [0.5, 0.6) is 5.75 Å². The van der Waals surface area contributed by atoms with Gasteiger partial charge in [0, 0.05) is 17.2 Å². The van der Waals surface area contributed by atoms with E-state index in [1.807, 2.05) is 24.3 Å². The third-order valence-corrected chi connectivity index (χ3v) is 3.64. The number of nitrogens with zero attached hydrogens (tertiary/aromatic N) is 1. The quantitative estimate of drug-likeness (QED) is 0.884. The van der Waals surface area contributed by atoms with Gasteiger partial charge in [0.05, 0.1) is 7.11 Å². The van der Waals surface area contributed by atoms with E-state index >= 15 is 0 Å². The third kappa shape index (κ3) is 2.57. The Kier molecular flexibility index (Phi) is 3.79. The van der Waals surface area contributed by atoms with Crippen molar-refractivity contribution in [2.24, 2.45) is 5.92 Å². The predicted molar refractivity (Wildman–Crippen MR) is 78.2 cm³/mol. The summed E-state index contributed by atoms with van der Waals surface area (Å²) in [5, 5.41) is 7.24. The number of nitrogens with two attached hydrogens (primary N) is 1. The second kappa shape index (κ2) is 5.34. The number of anilines is 1. The predicted octanol–water partition coefficient (Wildman–Crippen LogP) is 3.43. The summed E-state index contributed by atoms with van der Waals surface area (Å²) in [4.78, 5) is 0. The molecule has 1 heterocycles. The maximum absolute atomic E-state index is 6.02. The molecule has 1 aromatic heterocycles. The summed E-state index contributed by atoms with van der Waals surface area (Å²) >= 11 is 0. The van der Waals surface area contributed by atoms with Gasteiger partial charge in [-0.05, 0) is 23.6 Å². The summed E-state index contributed by atoms with van der Waals surface area (Å²) in [6.45, 7) is 6.56. The topological polar surface area (TPSA) is 63.9 Å². The first kappa shape index (κ1) is 13.5. The van der Waals surface area contributed by atoms with Gasteiger partial charge in [0.1, 0.15) is 5.75 Å². The smallest absolute Gasteiger partial charge is 0.153 e. The van der Waals surface area contributed by atoms with Gasteiger partial charge in [-0.3, -0.25) is 5.10 Å². The van der Waals surface area contributed by atoms with E-state index in [4.69, 9.17) is 10.5 Å². The first-order valence-electron chi connectivity index (χ1n) is 6.52. The maximum atomic E-state index is 6.02. The maximum Gasteiger partial charge on any atom is 0.153 e. The molecule has 0 aliphatic rings. The summed E-state index contributed by atoms with van der Waals surface area (Å²) in [5.41, 5.74) is 9.13. The van der Waals surface area contributed by atoms with Crippen LogP contribution in [0, 0.1) is 5.92 Å². The second-order valence-electron chi connectivity index (χ2n) is 5.16. The number of hydrogen-bond acceptors (Lipinski definition) is 3. The zero-order chi connectivity index (χ0) is 14.0. The lowest BCUT2D eigenvalue weighted by Gasteiger charge is -2.16. The van der Waals surface area contributed by atoms with Crippen LogP contribution in [0.3, 0.4) is 0 Å². The monoisotopic (exact) mass is 259 g/mol. The fourth-order valence-corrected chi connectivity index (χ4v) is 2.12. The van der Waals surface area contributed by atoms with Crippen LogP contribution in [0.25, 0.3) is 11.1 Å². The number of rotatable bonds is 4. The number of methoxy groups -OCH3 is 1. The van der Waals surface area contributed by atoms with Gasteiger partial charge in [0.2, 0.25) is 0 Å². The summed E-state index contributed by atoms with van der Waals surface area (Å²) < 4.78 is 5.27. The molecule has 0 fully saturated rings. The van der Waals surface area contributed by atoms with E-state index in [0.29, 0.717) is 17.7 Å². The van der Waals surface area contributed by atoms with E-state index in [2.05, 4.69) is 31.0 Å². The first-order chi connectivity index (χ1) is 9.04. The molecule has 0 bridgehead atoms. The van der Waals surface area contributed by atoms with Crippen LogP contribution < -0.4 is 10.5 Å². The van der Waals surface area contributed by atoms with Gasteiger partial charge < -0.3 is 10.5 Å². The Morgan fingerprint density at radius 2 is 2.00 bits per heavy atom. The Hall–Kier alpha value is -1.97. The summed E-state index contributed by atoms with van der Waals surface area (Å²) in [7, 11) is 1.66. The van der Waals surface area contributed by atoms with Crippen molar-refractivity contribution in [3.8, 4) is 16.9 Å². The number of aromatic amines is 1. The Morgan fingerprint density at radius 1 is 1.26 bits per heavy atom. The highest BCUT2D eigenvalue weighted by Crippen LogP contribution is 2.36. The molecule has 2 aromatic rings. The van der Waals surface area contributed by atoms with E-state index in [9.17, 15) is 0 Å². The highest BCUT2D eigenvalue weighted by Gasteiger charge is 2.20. The summed E-state index contributed by atoms with van der Waals surface area (Å²) in [5.74, 6) is 2.24. The molecule has 0 aliphatic heterocycles. The van der Waals surface area contributed by atoms with Crippen LogP contribution in [0.4, 0.5) is 5.82 Å². The number of ether oxygens (including phenoxy) is 1. The molecule has 3 N–H and O–H groups in total. The van der Waals surface area contributed by atoms with Gasteiger partial charge in [-0.15, -0.1) is 0 Å². The minimum atomic E-state index is 0.367. The summed E-state index contributed by atoms with van der Waals surface area (Å²) in [6.07, 6.45) is 0. The van der Waals surface area contributed by atoms with Gasteiger partial charge in [-0.1, -0.05) is 32.9 Å². The number of nitrogen functional groups attached to an aromatic ring is 1. The molecule has 0 spiro atoms. The molecular formula is C15H21N3O. The average molecular weight is 259 g/mol. The van der Waals surface area contributed by atoms with Crippen molar-refractivity contribution in [2.75, 3.05) is 12.8 Å². The Balaban J connectivity index is 2.52. The lowest BCUT2D eigenvalue weighted by atomic mass is 9.90. The third-order valence-electron chi connectivity index (χ3n) is 3.64. The molecule has 1 unspecified atom stereocenters. The molecule has 0 amide bonds. The molecule has 19 heavy (non-hydrogen) atoms. The van der Waals surface area contributed by atoms with Gasteiger partial charge in [-0.25, -0.2) is 0 Å². The Labute approximate surface area is 114 Å². The van der Waals surface area contributed by atoms with Gasteiger partial charge in [0.15, 0.2) is 5.82 Å². The highest BCUT2D eigenvalue weighted by molar-refractivity contribution is 5.77. The van der Waals surface area contributed by atoms with Crippen molar-refractivity contribution < 1.29 is 4.74 Å². The minimum Gasteiger partial charge on any atom is -0.497 e. The zero-order valence-electron chi connectivity index (χ0n) is 11.9. The molecule has 0 saturated heterocycles. The molecule has 0 saturated carbocycles. The van der Waals surface area contributed by atoms with Crippen LogP contribution in [0.2, 0.25) is 0 Å². The van der Waals surface area contributed by atoms with Crippen LogP contribution >= 0.6 is 0 Å². The molecule has 0 radical (unpaired) electrons. The fraction of sp³-hybridized carbons (Fsp3) is 0.400. The van der Waals surface area contributed by atoms with E-state index in [1.54, 1.807) is 7.11 Å². The van der Waals surface area contributed by atoms with E-state index < -0.39 is 0 Å². The van der Waals surface area contributed by atoms with Crippen LogP contribution in [-0.4, -0.2) is 17.3 Å². The number of aromatic nitrogens is 2. The zero-order valence-corrected chi connectivity index (χ0v) is 11.9. The largest absolute Gasteiger partial charge is 0.497 e. The number of nitrogens with one attached hydrogen (secondary N) is 1. The van der Waals surface area contributed by atoms with Crippen molar-refractivity contribution in [1.29, 1.82) is 0 Å². The minimum absolute atomic E-state index is 0.367. The standard InChI is InChI=1S/C15H21N3O/c1-9(2)10(3)14-13(15(16)18-17-14)11-6-5-7-12(8-11)19-4/h5-10H,1-4H3,(H3,16,17,18). The Bertz CT molecular complexity index is 560. The van der Waals surface area contributed by atoms with Gasteiger partial charge in [0.25, 0.3) is 0 Å². The van der Waals surface area contributed by atoms with Crippen molar-refractivity contribution in [3.63, 3.8) is 0 Å². The van der Waals surface area contributed by atoms with Crippen LogP contribution in [0.15, 0.2) is 24.3 Å². The van der Waals surface area contributed by atoms with Crippen molar-refractivity contribution in [2.45, 2.75) is 26.7 Å². The fourth-order valence-electron chi connectivity index (χ4n) is 2.12. The number of benzene rings is 1. The first-order valence-corrected chi connectivity index (χ1v) is 6.52. The van der Waals surface area contributed by atoms with E-state index in [1.165, 1.54) is 0 Å². The lowest BCUT2D eigenvalue weighted by molar-refractivity contribution is 0.415. The molecule has 2 rings (SSSR count). The molecule has 0 aliphatic carbocycles. The van der Waals surface area contributed by atoms with Gasteiger partial charge >= 0.3 is 0 Å². The normalized spacial score (nSPS) is 12.7. The number of H-pyrrole nitrogens is 1. The van der Waals surface area contributed by atoms with Crippen molar-refractivity contribution in [3.05, 3.63) is 30.0 Å². The SMILES string of the molecule is COc1cccc(-c2c(N)n[nH]c2C(C)C(C)C)c1. The molecular weight excluding hydrogens is 238 g/mol. The average Bonchev–Trinajstić information content (AvgIpc) is 2.79. The molecule has 4 heteroatoms. The molecule has 102 valence electrons.